The topological polar surface area (TPSA) is 26.3 Å². The number of hydrogen-bond acceptors (Lipinski definition) is 2. The fourth-order valence-electron chi connectivity index (χ4n) is 1.22. The molecule has 0 heterocycles. The number of benzene rings is 1. The highest BCUT2D eigenvalue weighted by Gasteiger charge is 2.30. The third-order valence-electron chi connectivity index (χ3n) is 1.87. The van der Waals surface area contributed by atoms with Crippen LogP contribution in [-0.2, 0) is 0 Å². The standard InChI is InChI=1S/C11H11F3O2/c1-8(6-11(12,13)14)16-10-4-2-9(7-15)3-5-10/h2-5,7-8H,6H2,1H3. The van der Waals surface area contributed by atoms with Crippen molar-refractivity contribution in [1.29, 1.82) is 0 Å². The number of hydrogen-bond donors (Lipinski definition) is 0. The lowest BCUT2D eigenvalue weighted by Crippen LogP contribution is -2.21. The van der Waals surface area contributed by atoms with Crippen LogP contribution in [0.15, 0.2) is 24.3 Å². The van der Waals surface area contributed by atoms with Crippen molar-refractivity contribution in [2.24, 2.45) is 0 Å². The van der Waals surface area contributed by atoms with Gasteiger partial charge in [-0.1, -0.05) is 0 Å². The molecule has 0 fully saturated rings. The molecule has 1 aromatic rings. The van der Waals surface area contributed by atoms with E-state index < -0.39 is 18.7 Å². The van der Waals surface area contributed by atoms with Gasteiger partial charge in [-0.15, -0.1) is 0 Å². The average Bonchev–Trinajstić information content (AvgIpc) is 2.16. The molecule has 1 aromatic carbocycles. The lowest BCUT2D eigenvalue weighted by molar-refractivity contribution is -0.148. The molecule has 0 radical (unpaired) electrons. The summed E-state index contributed by atoms with van der Waals surface area (Å²) in [7, 11) is 0. The Morgan fingerprint density at radius 3 is 2.31 bits per heavy atom. The number of carbonyl (C=O) groups is 1. The van der Waals surface area contributed by atoms with Crippen LogP contribution in [0.1, 0.15) is 23.7 Å². The molecule has 0 saturated heterocycles. The van der Waals surface area contributed by atoms with E-state index in [1.165, 1.54) is 31.2 Å². The van der Waals surface area contributed by atoms with E-state index in [9.17, 15) is 18.0 Å². The second-order valence-electron chi connectivity index (χ2n) is 3.43. The second kappa shape index (κ2) is 5.01. The van der Waals surface area contributed by atoms with Gasteiger partial charge in [0, 0.05) is 5.56 Å². The zero-order valence-corrected chi connectivity index (χ0v) is 8.62. The van der Waals surface area contributed by atoms with E-state index in [4.69, 9.17) is 4.74 Å². The van der Waals surface area contributed by atoms with Gasteiger partial charge in [0.25, 0.3) is 0 Å². The lowest BCUT2D eigenvalue weighted by Gasteiger charge is -2.16. The van der Waals surface area contributed by atoms with Gasteiger partial charge in [-0.25, -0.2) is 0 Å². The molecule has 0 bridgehead atoms. The first-order chi connectivity index (χ1) is 7.40. The highest BCUT2D eigenvalue weighted by Crippen LogP contribution is 2.24. The van der Waals surface area contributed by atoms with E-state index in [1.54, 1.807) is 0 Å². The van der Waals surface area contributed by atoms with Crippen molar-refractivity contribution in [2.75, 3.05) is 0 Å². The molecule has 5 heteroatoms. The summed E-state index contributed by atoms with van der Waals surface area (Å²) in [5, 5.41) is 0. The minimum absolute atomic E-state index is 0.322. The van der Waals surface area contributed by atoms with Crippen molar-refractivity contribution in [2.45, 2.75) is 25.6 Å². The van der Waals surface area contributed by atoms with Gasteiger partial charge in [-0.05, 0) is 31.2 Å². The zero-order valence-electron chi connectivity index (χ0n) is 8.62. The number of halogens is 3. The van der Waals surface area contributed by atoms with Crippen LogP contribution >= 0.6 is 0 Å². The van der Waals surface area contributed by atoms with Gasteiger partial charge >= 0.3 is 6.18 Å². The Hall–Kier alpha value is -1.52. The molecular formula is C11H11F3O2. The molecule has 0 N–H and O–H groups in total. The monoisotopic (exact) mass is 232 g/mol. The van der Waals surface area contributed by atoms with Gasteiger partial charge in [0.2, 0.25) is 0 Å². The number of ether oxygens (including phenoxy) is 1. The molecule has 0 amide bonds. The molecule has 1 unspecified atom stereocenters. The summed E-state index contributed by atoms with van der Waals surface area (Å²) in [5.41, 5.74) is 0.454. The number of alkyl halides is 3. The Morgan fingerprint density at radius 1 is 1.31 bits per heavy atom. The molecule has 2 nitrogen and oxygen atoms in total. The van der Waals surface area contributed by atoms with Crippen LogP contribution < -0.4 is 4.74 Å². The van der Waals surface area contributed by atoms with Crippen LogP contribution in [0, 0.1) is 0 Å². The fraction of sp³-hybridized carbons (Fsp3) is 0.364. The quantitative estimate of drug-likeness (QED) is 0.745. The molecule has 0 spiro atoms. The first-order valence-electron chi connectivity index (χ1n) is 4.69. The van der Waals surface area contributed by atoms with Crippen molar-refractivity contribution in [3.63, 3.8) is 0 Å². The Morgan fingerprint density at radius 2 is 1.88 bits per heavy atom. The van der Waals surface area contributed by atoms with Crippen molar-refractivity contribution >= 4 is 6.29 Å². The second-order valence-corrected chi connectivity index (χ2v) is 3.43. The van der Waals surface area contributed by atoms with Crippen molar-refractivity contribution in [3.8, 4) is 5.75 Å². The molecule has 88 valence electrons. The summed E-state index contributed by atoms with van der Waals surface area (Å²) < 4.78 is 41.1. The normalized spacial score (nSPS) is 13.2. The summed E-state index contributed by atoms with van der Waals surface area (Å²) in [6.45, 7) is 1.35. The molecule has 0 aromatic heterocycles. The number of rotatable bonds is 4. The van der Waals surface area contributed by atoms with Crippen LogP contribution in [0.25, 0.3) is 0 Å². The highest BCUT2D eigenvalue weighted by molar-refractivity contribution is 5.74. The van der Waals surface area contributed by atoms with E-state index in [1.807, 2.05) is 0 Å². The lowest BCUT2D eigenvalue weighted by atomic mass is 10.2. The van der Waals surface area contributed by atoms with E-state index in [0.717, 1.165) is 0 Å². The largest absolute Gasteiger partial charge is 0.490 e. The summed E-state index contributed by atoms with van der Waals surface area (Å²) in [6.07, 6.45) is -5.52. The predicted octanol–water partition coefficient (Wildman–Crippen LogP) is 3.22. The minimum atomic E-state index is -4.23. The maximum absolute atomic E-state index is 12.0. The predicted molar refractivity (Wildman–Crippen MR) is 52.6 cm³/mol. The van der Waals surface area contributed by atoms with Crippen molar-refractivity contribution in [1.82, 2.24) is 0 Å². The molecule has 1 rings (SSSR count). The fourth-order valence-corrected chi connectivity index (χ4v) is 1.22. The molecular weight excluding hydrogens is 221 g/mol. The average molecular weight is 232 g/mol. The van der Waals surface area contributed by atoms with Crippen LogP contribution in [0.5, 0.6) is 5.75 Å². The molecule has 1 atom stereocenters. The Labute approximate surface area is 91.0 Å². The summed E-state index contributed by atoms with van der Waals surface area (Å²) >= 11 is 0. The summed E-state index contributed by atoms with van der Waals surface area (Å²) in [5.74, 6) is 0.322. The Balaban J connectivity index is 2.56. The van der Waals surface area contributed by atoms with Crippen molar-refractivity contribution in [3.05, 3.63) is 29.8 Å². The van der Waals surface area contributed by atoms with E-state index in [2.05, 4.69) is 0 Å². The van der Waals surface area contributed by atoms with Crippen LogP contribution in [0.3, 0.4) is 0 Å². The van der Waals surface area contributed by atoms with Gasteiger partial charge in [-0.3, -0.25) is 4.79 Å². The molecule has 0 aliphatic rings. The van der Waals surface area contributed by atoms with Gasteiger partial charge in [0.15, 0.2) is 0 Å². The highest BCUT2D eigenvalue weighted by atomic mass is 19.4. The smallest absolute Gasteiger partial charge is 0.392 e. The first-order valence-corrected chi connectivity index (χ1v) is 4.69. The van der Waals surface area contributed by atoms with E-state index in [-0.39, 0.29) is 0 Å². The van der Waals surface area contributed by atoms with Gasteiger partial charge < -0.3 is 4.74 Å². The zero-order chi connectivity index (χ0) is 12.2. The Bertz CT molecular complexity index is 343. The van der Waals surface area contributed by atoms with Crippen LogP contribution in [0.2, 0.25) is 0 Å². The minimum Gasteiger partial charge on any atom is -0.490 e. The van der Waals surface area contributed by atoms with Gasteiger partial charge in [-0.2, -0.15) is 13.2 Å². The summed E-state index contributed by atoms with van der Waals surface area (Å²) in [6, 6.07) is 5.92. The molecule has 0 aliphatic carbocycles. The van der Waals surface area contributed by atoms with Gasteiger partial charge in [0.05, 0.1) is 6.42 Å². The van der Waals surface area contributed by atoms with E-state index in [0.29, 0.717) is 17.6 Å². The Kier molecular flexibility index (Phi) is 3.93. The first kappa shape index (κ1) is 12.5. The number of carbonyl (C=O) groups excluding carboxylic acids is 1. The third kappa shape index (κ3) is 4.33. The maximum Gasteiger partial charge on any atom is 0.392 e. The molecule has 16 heavy (non-hydrogen) atoms. The molecule has 0 aliphatic heterocycles. The maximum atomic E-state index is 12.0. The molecule has 0 saturated carbocycles. The number of aldehydes is 1. The van der Waals surface area contributed by atoms with Gasteiger partial charge in [0.1, 0.15) is 18.1 Å². The van der Waals surface area contributed by atoms with Crippen molar-refractivity contribution < 1.29 is 22.7 Å². The SMILES string of the molecule is CC(CC(F)(F)F)Oc1ccc(C=O)cc1. The van der Waals surface area contributed by atoms with E-state index >= 15 is 0 Å². The third-order valence-corrected chi connectivity index (χ3v) is 1.87. The van der Waals surface area contributed by atoms with Crippen LogP contribution in [-0.4, -0.2) is 18.6 Å². The summed E-state index contributed by atoms with van der Waals surface area (Å²) in [4.78, 5) is 10.3. The van der Waals surface area contributed by atoms with Crippen LogP contribution in [0.4, 0.5) is 13.2 Å².